The van der Waals surface area contributed by atoms with Gasteiger partial charge in [0.2, 0.25) is 12.2 Å². The van der Waals surface area contributed by atoms with Crippen molar-refractivity contribution in [2.24, 2.45) is 0 Å². The number of hydrogen-bond acceptors (Lipinski definition) is 10. The monoisotopic (exact) mass is 584 g/mol. The zero-order valence-electron chi connectivity index (χ0n) is 22.9. The zero-order chi connectivity index (χ0) is 30.4. The van der Waals surface area contributed by atoms with E-state index < -0.39 is 48.7 Å². The summed E-state index contributed by atoms with van der Waals surface area (Å²) in [6.45, 7) is 3.12. The fourth-order valence-corrected chi connectivity index (χ4v) is 4.31. The predicted octanol–water partition coefficient (Wildman–Crippen LogP) is 2.06. The Labute approximate surface area is 240 Å². The molecule has 0 unspecified atom stereocenters. The van der Waals surface area contributed by atoms with E-state index in [1.165, 1.54) is 30.0 Å². The van der Waals surface area contributed by atoms with Crippen LogP contribution in [0.3, 0.4) is 0 Å². The summed E-state index contributed by atoms with van der Waals surface area (Å²) < 4.78 is 22.1. The van der Waals surface area contributed by atoms with Crippen LogP contribution in [-0.2, 0) is 25.7 Å². The van der Waals surface area contributed by atoms with Crippen LogP contribution in [0.4, 0.5) is 10.5 Å². The molecule has 13 heteroatoms. The van der Waals surface area contributed by atoms with Gasteiger partial charge in [0, 0.05) is 18.9 Å². The third kappa shape index (κ3) is 7.06. The number of fused-ring (bicyclic) bond motifs is 1. The summed E-state index contributed by atoms with van der Waals surface area (Å²) in [6.07, 6.45) is -9.71. The van der Waals surface area contributed by atoms with Crippen LogP contribution < -0.4 is 14.8 Å². The van der Waals surface area contributed by atoms with E-state index in [9.17, 15) is 34.8 Å². The molecule has 42 heavy (non-hydrogen) atoms. The first-order valence-electron chi connectivity index (χ1n) is 13.1. The van der Waals surface area contributed by atoms with Gasteiger partial charge in [-0.05, 0) is 36.1 Å². The number of nitrogens with one attached hydrogen (secondary N) is 1. The van der Waals surface area contributed by atoms with Crippen molar-refractivity contribution in [2.75, 3.05) is 18.6 Å². The topological polar surface area (TPSA) is 184 Å². The maximum atomic E-state index is 12.8. The molecule has 0 bridgehead atoms. The molecule has 224 valence electrons. The minimum Gasteiger partial charge on any atom is -0.479 e. The highest BCUT2D eigenvalue weighted by Crippen LogP contribution is 2.31. The number of benzene rings is 3. The average Bonchev–Trinajstić information content (AvgIpc) is 2.97. The first kappa shape index (κ1) is 30.5. The van der Waals surface area contributed by atoms with E-state index >= 15 is 0 Å². The summed E-state index contributed by atoms with van der Waals surface area (Å²) in [5.74, 6) is -1.44. The van der Waals surface area contributed by atoms with Crippen molar-refractivity contribution in [3.8, 4) is 11.5 Å². The second kappa shape index (κ2) is 13.5. The molecule has 5 N–H and O–H groups in total. The van der Waals surface area contributed by atoms with E-state index in [0.29, 0.717) is 17.9 Å². The lowest BCUT2D eigenvalue weighted by Gasteiger charge is -2.38. The average molecular weight is 585 g/mol. The minimum absolute atomic E-state index is 0.0317. The zero-order valence-corrected chi connectivity index (χ0v) is 22.9. The van der Waals surface area contributed by atoms with Gasteiger partial charge in [0.15, 0.2) is 12.8 Å². The minimum atomic E-state index is -1.88. The number of aliphatic hydroxyl groups is 3. The Bertz CT molecular complexity index is 1430. The van der Waals surface area contributed by atoms with Crippen LogP contribution in [0.15, 0.2) is 60.7 Å². The summed E-state index contributed by atoms with van der Waals surface area (Å²) >= 11 is 0. The SMILES string of the molecule is CCN(COc1cccc2ccccc12)C(=O)OCc1ccc(O[C@@H]2O[C@H](C(=O)O)[C@@H](O)[C@H](O)[C@H]2O)c(NC(C)=O)c1. The van der Waals surface area contributed by atoms with E-state index in [1.54, 1.807) is 6.92 Å². The van der Waals surface area contributed by atoms with Gasteiger partial charge in [-0.25, -0.2) is 9.59 Å². The maximum Gasteiger partial charge on any atom is 0.412 e. The Morgan fingerprint density at radius 3 is 2.40 bits per heavy atom. The van der Waals surface area contributed by atoms with Crippen LogP contribution >= 0.6 is 0 Å². The van der Waals surface area contributed by atoms with E-state index in [1.807, 2.05) is 42.5 Å². The number of hydrogen-bond donors (Lipinski definition) is 5. The van der Waals surface area contributed by atoms with Gasteiger partial charge in [-0.3, -0.25) is 9.69 Å². The number of nitrogens with zero attached hydrogens (tertiary/aromatic N) is 1. The van der Waals surface area contributed by atoms with Gasteiger partial charge in [-0.15, -0.1) is 0 Å². The van der Waals surface area contributed by atoms with E-state index in [-0.39, 0.29) is 24.8 Å². The molecule has 0 aliphatic carbocycles. The third-order valence-electron chi connectivity index (χ3n) is 6.54. The summed E-state index contributed by atoms with van der Waals surface area (Å²) in [4.78, 5) is 37.4. The number of carboxylic acids is 1. The normalized spacial score (nSPS) is 21.8. The largest absolute Gasteiger partial charge is 0.479 e. The van der Waals surface area contributed by atoms with Crippen molar-refractivity contribution in [3.05, 3.63) is 66.2 Å². The highest BCUT2D eigenvalue weighted by Gasteiger charge is 2.48. The molecule has 0 saturated carbocycles. The predicted molar refractivity (Wildman–Crippen MR) is 148 cm³/mol. The summed E-state index contributed by atoms with van der Waals surface area (Å²) in [6, 6.07) is 17.7. The molecule has 13 nitrogen and oxygen atoms in total. The van der Waals surface area contributed by atoms with Gasteiger partial charge in [0.25, 0.3) is 0 Å². The highest BCUT2D eigenvalue weighted by molar-refractivity contribution is 5.90. The van der Waals surface area contributed by atoms with Crippen LogP contribution in [0, 0.1) is 0 Å². The second-order valence-corrected chi connectivity index (χ2v) is 9.53. The van der Waals surface area contributed by atoms with Crippen LogP contribution in [0.1, 0.15) is 19.4 Å². The van der Waals surface area contributed by atoms with Crippen molar-refractivity contribution in [1.82, 2.24) is 4.90 Å². The molecule has 0 spiro atoms. The fraction of sp³-hybridized carbons (Fsp3) is 0.345. The summed E-state index contributed by atoms with van der Waals surface area (Å²) in [7, 11) is 0. The number of anilines is 1. The molecule has 3 aromatic rings. The lowest BCUT2D eigenvalue weighted by Crippen LogP contribution is -2.61. The van der Waals surface area contributed by atoms with Gasteiger partial charge in [0.1, 0.15) is 36.4 Å². The van der Waals surface area contributed by atoms with Crippen molar-refractivity contribution in [2.45, 2.75) is 51.2 Å². The van der Waals surface area contributed by atoms with E-state index in [0.717, 1.165) is 10.8 Å². The number of aliphatic carboxylic acids is 1. The number of rotatable bonds is 10. The van der Waals surface area contributed by atoms with Gasteiger partial charge in [-0.2, -0.15) is 0 Å². The molecule has 0 aromatic heterocycles. The Morgan fingerprint density at radius 2 is 1.69 bits per heavy atom. The van der Waals surface area contributed by atoms with Crippen LogP contribution in [0.25, 0.3) is 10.8 Å². The number of ether oxygens (including phenoxy) is 4. The molecule has 2 amide bonds. The Hall–Kier alpha value is -4.43. The van der Waals surface area contributed by atoms with E-state index in [2.05, 4.69) is 5.32 Å². The van der Waals surface area contributed by atoms with E-state index in [4.69, 9.17) is 18.9 Å². The first-order chi connectivity index (χ1) is 20.1. The lowest BCUT2D eigenvalue weighted by atomic mass is 9.99. The number of carboxylic acid groups (broad SMARTS) is 1. The number of amides is 2. The van der Waals surface area contributed by atoms with Crippen molar-refractivity contribution in [3.63, 3.8) is 0 Å². The van der Waals surface area contributed by atoms with Crippen molar-refractivity contribution < 1.29 is 53.8 Å². The van der Waals surface area contributed by atoms with Crippen LogP contribution in [0.2, 0.25) is 0 Å². The molecule has 4 rings (SSSR count). The number of aliphatic hydroxyl groups excluding tert-OH is 3. The molecule has 1 heterocycles. The Morgan fingerprint density at radius 1 is 0.952 bits per heavy atom. The molecule has 5 atom stereocenters. The van der Waals surface area contributed by atoms with Gasteiger partial charge >= 0.3 is 12.1 Å². The lowest BCUT2D eigenvalue weighted by molar-refractivity contribution is -0.271. The maximum absolute atomic E-state index is 12.8. The fourth-order valence-electron chi connectivity index (χ4n) is 4.31. The van der Waals surface area contributed by atoms with Crippen molar-refractivity contribution >= 4 is 34.4 Å². The first-order valence-corrected chi connectivity index (χ1v) is 13.1. The molecule has 3 aromatic carbocycles. The Balaban J connectivity index is 1.42. The molecule has 1 saturated heterocycles. The highest BCUT2D eigenvalue weighted by atomic mass is 16.7. The molecule has 1 fully saturated rings. The van der Waals surface area contributed by atoms with Gasteiger partial charge < -0.3 is 44.7 Å². The number of carbonyl (C=O) groups excluding carboxylic acids is 2. The standard InChI is InChI=1S/C29H32N2O11/c1-3-31(15-40-21-10-6-8-18-7-4-5-9-19(18)21)29(38)39-14-17-11-12-22(20(13-17)30-16(2)32)41-28-25(35)23(33)24(34)26(42-28)27(36)37/h4-13,23-26,28,33-35H,3,14-15H2,1-2H3,(H,30,32)(H,36,37)/t23-,24-,25+,26-,28+/m0/s1. The quantitative estimate of drug-likeness (QED) is 0.220. The molecular formula is C29H32N2O11. The smallest absolute Gasteiger partial charge is 0.412 e. The molecular weight excluding hydrogens is 552 g/mol. The van der Waals surface area contributed by atoms with Gasteiger partial charge in [-0.1, -0.05) is 42.5 Å². The summed E-state index contributed by atoms with van der Waals surface area (Å²) in [5, 5.41) is 43.9. The Kier molecular flexibility index (Phi) is 9.80. The number of carbonyl (C=O) groups is 3. The molecule has 1 aliphatic rings. The van der Waals surface area contributed by atoms with Gasteiger partial charge in [0.05, 0.1) is 5.69 Å². The van der Waals surface area contributed by atoms with Crippen LogP contribution in [0.5, 0.6) is 11.5 Å². The summed E-state index contributed by atoms with van der Waals surface area (Å²) in [5.41, 5.74) is 0.570. The second-order valence-electron chi connectivity index (χ2n) is 9.53. The molecule has 1 aliphatic heterocycles. The third-order valence-corrected chi connectivity index (χ3v) is 6.54. The van der Waals surface area contributed by atoms with Crippen LogP contribution in [-0.4, -0.2) is 87.3 Å². The van der Waals surface area contributed by atoms with Crippen molar-refractivity contribution in [1.29, 1.82) is 0 Å². The molecule has 0 radical (unpaired) electrons.